The highest BCUT2D eigenvalue weighted by Gasteiger charge is 2.30. The monoisotopic (exact) mass is 242 g/mol. The molecule has 0 aliphatic heterocycles. The maximum atomic E-state index is 11.6. The van der Waals surface area contributed by atoms with E-state index in [1.165, 1.54) is 0 Å². The summed E-state index contributed by atoms with van der Waals surface area (Å²) in [7, 11) is 0. The van der Waals surface area contributed by atoms with E-state index in [1.54, 1.807) is 0 Å². The number of carbonyl (C=O) groups excluding carboxylic acids is 1. The van der Waals surface area contributed by atoms with Crippen molar-refractivity contribution in [3.05, 3.63) is 0 Å². The third-order valence-electron chi connectivity index (χ3n) is 3.25. The maximum Gasteiger partial charge on any atom is 0.306 e. The molecule has 1 aliphatic rings. The largest absolute Gasteiger partial charge is 0.481 e. The number of hydrogen-bond donors (Lipinski definition) is 3. The molecular formula is C12H22N2O3. The number of aliphatic carboxylic acids is 1. The molecular weight excluding hydrogens is 220 g/mol. The molecule has 0 aromatic carbocycles. The molecule has 1 aliphatic carbocycles. The average molecular weight is 242 g/mol. The molecule has 98 valence electrons. The van der Waals surface area contributed by atoms with Crippen molar-refractivity contribution in [2.75, 3.05) is 0 Å². The SMILES string of the molecule is CCCC(N)CC(=O)NC1CCC(C(=O)O)C1. The van der Waals surface area contributed by atoms with Crippen molar-refractivity contribution in [1.29, 1.82) is 0 Å². The lowest BCUT2D eigenvalue weighted by molar-refractivity contribution is -0.141. The van der Waals surface area contributed by atoms with E-state index in [0.29, 0.717) is 19.3 Å². The Bertz CT molecular complexity index is 281. The third kappa shape index (κ3) is 4.73. The van der Waals surface area contributed by atoms with Gasteiger partial charge in [-0.05, 0) is 25.7 Å². The molecule has 0 bridgehead atoms. The quantitative estimate of drug-likeness (QED) is 0.644. The Morgan fingerprint density at radius 3 is 2.71 bits per heavy atom. The lowest BCUT2D eigenvalue weighted by atomic mass is 10.1. The first-order valence-corrected chi connectivity index (χ1v) is 6.30. The molecule has 4 N–H and O–H groups in total. The van der Waals surface area contributed by atoms with Gasteiger partial charge in [0.1, 0.15) is 0 Å². The summed E-state index contributed by atoms with van der Waals surface area (Å²) in [5.74, 6) is -1.11. The van der Waals surface area contributed by atoms with Crippen LogP contribution in [0.1, 0.15) is 45.4 Å². The van der Waals surface area contributed by atoms with Gasteiger partial charge in [0.15, 0.2) is 0 Å². The van der Waals surface area contributed by atoms with Crippen LogP contribution in [-0.4, -0.2) is 29.1 Å². The van der Waals surface area contributed by atoms with Crippen molar-refractivity contribution < 1.29 is 14.7 Å². The Morgan fingerprint density at radius 1 is 1.47 bits per heavy atom. The summed E-state index contributed by atoms with van der Waals surface area (Å²) >= 11 is 0. The van der Waals surface area contributed by atoms with Gasteiger partial charge in [-0.25, -0.2) is 0 Å². The number of nitrogens with one attached hydrogen (secondary N) is 1. The number of rotatable bonds is 6. The smallest absolute Gasteiger partial charge is 0.306 e. The van der Waals surface area contributed by atoms with E-state index >= 15 is 0 Å². The van der Waals surface area contributed by atoms with Gasteiger partial charge < -0.3 is 16.2 Å². The summed E-state index contributed by atoms with van der Waals surface area (Å²) in [6, 6.07) is -0.0749. The van der Waals surface area contributed by atoms with Crippen LogP contribution in [-0.2, 0) is 9.59 Å². The Morgan fingerprint density at radius 2 is 2.18 bits per heavy atom. The highest BCUT2D eigenvalue weighted by Crippen LogP contribution is 2.25. The van der Waals surface area contributed by atoms with Gasteiger partial charge in [0.2, 0.25) is 5.91 Å². The summed E-state index contributed by atoms with van der Waals surface area (Å²) in [6.45, 7) is 2.03. The molecule has 0 heterocycles. The van der Waals surface area contributed by atoms with Crippen molar-refractivity contribution in [2.24, 2.45) is 11.7 Å². The summed E-state index contributed by atoms with van der Waals surface area (Å²) in [4.78, 5) is 22.4. The standard InChI is InChI=1S/C12H22N2O3/c1-2-3-9(13)7-11(15)14-10-5-4-8(6-10)12(16)17/h8-10H,2-7,13H2,1H3,(H,14,15)(H,16,17). The molecule has 0 saturated heterocycles. The highest BCUT2D eigenvalue weighted by atomic mass is 16.4. The molecule has 0 aromatic heterocycles. The fourth-order valence-electron chi connectivity index (χ4n) is 2.33. The number of carboxylic acids is 1. The second-order valence-electron chi connectivity index (χ2n) is 4.87. The maximum absolute atomic E-state index is 11.6. The molecule has 17 heavy (non-hydrogen) atoms. The number of carboxylic acid groups (broad SMARTS) is 1. The number of carbonyl (C=O) groups is 2. The van der Waals surface area contributed by atoms with Crippen molar-refractivity contribution in [1.82, 2.24) is 5.32 Å². The van der Waals surface area contributed by atoms with Crippen LogP contribution in [0.3, 0.4) is 0 Å². The summed E-state index contributed by atoms with van der Waals surface area (Å²) in [5.41, 5.74) is 5.78. The van der Waals surface area contributed by atoms with E-state index in [1.807, 2.05) is 6.92 Å². The van der Waals surface area contributed by atoms with E-state index in [-0.39, 0.29) is 23.9 Å². The van der Waals surface area contributed by atoms with E-state index in [2.05, 4.69) is 5.32 Å². The second kappa shape index (κ2) is 6.59. The summed E-state index contributed by atoms with van der Waals surface area (Å²) < 4.78 is 0. The van der Waals surface area contributed by atoms with Gasteiger partial charge >= 0.3 is 5.97 Å². The van der Waals surface area contributed by atoms with E-state index < -0.39 is 5.97 Å². The lowest BCUT2D eigenvalue weighted by Gasteiger charge is -2.15. The molecule has 0 radical (unpaired) electrons. The van der Waals surface area contributed by atoms with Gasteiger partial charge in [-0.3, -0.25) is 9.59 Å². The van der Waals surface area contributed by atoms with Crippen LogP contribution in [0.4, 0.5) is 0 Å². The van der Waals surface area contributed by atoms with Crippen LogP contribution in [0.5, 0.6) is 0 Å². The fourth-order valence-corrected chi connectivity index (χ4v) is 2.33. The Balaban J connectivity index is 2.26. The van der Waals surface area contributed by atoms with Crippen molar-refractivity contribution in [3.8, 4) is 0 Å². The number of hydrogen-bond acceptors (Lipinski definition) is 3. The van der Waals surface area contributed by atoms with Crippen LogP contribution in [0.25, 0.3) is 0 Å². The van der Waals surface area contributed by atoms with Gasteiger partial charge in [-0.15, -0.1) is 0 Å². The van der Waals surface area contributed by atoms with Gasteiger partial charge in [-0.2, -0.15) is 0 Å². The van der Waals surface area contributed by atoms with Crippen LogP contribution >= 0.6 is 0 Å². The Labute approximate surface area is 102 Å². The normalized spacial score (nSPS) is 25.5. The van der Waals surface area contributed by atoms with Crippen LogP contribution in [0.2, 0.25) is 0 Å². The second-order valence-corrected chi connectivity index (χ2v) is 4.87. The van der Waals surface area contributed by atoms with E-state index in [0.717, 1.165) is 19.3 Å². The molecule has 5 nitrogen and oxygen atoms in total. The Hall–Kier alpha value is -1.10. The average Bonchev–Trinajstić information content (AvgIpc) is 2.66. The molecule has 1 amide bonds. The first-order chi connectivity index (χ1) is 8.02. The molecule has 5 heteroatoms. The van der Waals surface area contributed by atoms with Crippen LogP contribution in [0, 0.1) is 5.92 Å². The number of nitrogens with two attached hydrogens (primary N) is 1. The first kappa shape index (κ1) is 14.0. The third-order valence-corrected chi connectivity index (χ3v) is 3.25. The minimum Gasteiger partial charge on any atom is -0.481 e. The van der Waals surface area contributed by atoms with Gasteiger partial charge in [-0.1, -0.05) is 13.3 Å². The van der Waals surface area contributed by atoms with Gasteiger partial charge in [0.05, 0.1) is 5.92 Å². The minimum absolute atomic E-state index is 0.0115. The molecule has 1 fully saturated rings. The first-order valence-electron chi connectivity index (χ1n) is 6.30. The Kier molecular flexibility index (Phi) is 5.41. The highest BCUT2D eigenvalue weighted by molar-refractivity contribution is 5.77. The van der Waals surface area contributed by atoms with Gasteiger partial charge in [0.25, 0.3) is 0 Å². The molecule has 0 aromatic rings. The van der Waals surface area contributed by atoms with Crippen LogP contribution < -0.4 is 11.1 Å². The molecule has 1 saturated carbocycles. The minimum atomic E-state index is -0.760. The van der Waals surface area contributed by atoms with Crippen LogP contribution in [0.15, 0.2) is 0 Å². The van der Waals surface area contributed by atoms with Crippen molar-refractivity contribution in [2.45, 2.75) is 57.5 Å². The lowest BCUT2D eigenvalue weighted by Crippen LogP contribution is -2.37. The zero-order valence-corrected chi connectivity index (χ0v) is 10.3. The molecule has 1 rings (SSSR count). The predicted octanol–water partition coefficient (Wildman–Crippen LogP) is 0.873. The number of amides is 1. The molecule has 3 unspecified atom stereocenters. The van der Waals surface area contributed by atoms with Crippen molar-refractivity contribution in [3.63, 3.8) is 0 Å². The topological polar surface area (TPSA) is 92.4 Å². The molecule has 0 spiro atoms. The van der Waals surface area contributed by atoms with E-state index in [9.17, 15) is 9.59 Å². The summed E-state index contributed by atoms with van der Waals surface area (Å²) in [5, 5.41) is 11.7. The van der Waals surface area contributed by atoms with Crippen molar-refractivity contribution >= 4 is 11.9 Å². The predicted molar refractivity (Wildman–Crippen MR) is 64.4 cm³/mol. The molecule has 3 atom stereocenters. The van der Waals surface area contributed by atoms with Gasteiger partial charge in [0, 0.05) is 18.5 Å². The zero-order chi connectivity index (χ0) is 12.8. The zero-order valence-electron chi connectivity index (χ0n) is 10.3. The fraction of sp³-hybridized carbons (Fsp3) is 0.833. The van der Waals surface area contributed by atoms with E-state index in [4.69, 9.17) is 10.8 Å². The summed E-state index contributed by atoms with van der Waals surface area (Å²) in [6.07, 6.45) is 4.11.